The number of likely N-dealkylation sites (tertiary alicyclic amines) is 1. The van der Waals surface area contributed by atoms with E-state index in [4.69, 9.17) is 4.42 Å². The summed E-state index contributed by atoms with van der Waals surface area (Å²) in [6.45, 7) is 1.03. The summed E-state index contributed by atoms with van der Waals surface area (Å²) in [6.07, 6.45) is 1.93. The van der Waals surface area contributed by atoms with Gasteiger partial charge in [0.25, 0.3) is 0 Å². The number of carbonyl (C=O) groups is 1. The molecule has 0 radical (unpaired) electrons. The summed E-state index contributed by atoms with van der Waals surface area (Å²) in [5.74, 6) is -1.44. The van der Waals surface area contributed by atoms with Crippen molar-refractivity contribution in [3.63, 3.8) is 0 Å². The summed E-state index contributed by atoms with van der Waals surface area (Å²) in [5.41, 5.74) is 0. The molecule has 1 saturated carbocycles. The molecule has 1 aromatic rings. The molecular weight excluding hydrogens is 311 g/mol. The number of halogens is 3. The third-order valence-corrected chi connectivity index (χ3v) is 4.72. The van der Waals surface area contributed by atoms with Crippen LogP contribution in [0.1, 0.15) is 62.6 Å². The van der Waals surface area contributed by atoms with Crippen molar-refractivity contribution >= 4 is 5.91 Å². The molecule has 1 aromatic heterocycles. The molecule has 1 unspecified atom stereocenters. The number of carbonyl (C=O) groups excluding carboxylic acids is 1. The van der Waals surface area contributed by atoms with Gasteiger partial charge in [-0.25, -0.2) is 0 Å². The van der Waals surface area contributed by atoms with Crippen LogP contribution in [-0.2, 0) is 11.0 Å². The molecule has 128 valence electrons. The average molecular weight is 331 g/mol. The molecule has 0 aromatic carbocycles. The van der Waals surface area contributed by atoms with Crippen molar-refractivity contribution in [1.82, 2.24) is 15.1 Å². The van der Waals surface area contributed by atoms with Crippen LogP contribution in [-0.4, -0.2) is 34.1 Å². The molecule has 8 heteroatoms. The molecule has 0 bridgehead atoms. The highest BCUT2D eigenvalue weighted by atomic mass is 19.4. The van der Waals surface area contributed by atoms with Gasteiger partial charge in [-0.15, -0.1) is 10.2 Å². The quantitative estimate of drug-likeness (QED) is 0.833. The van der Waals surface area contributed by atoms with Crippen LogP contribution < -0.4 is 0 Å². The fraction of sp³-hybridized carbons (Fsp3) is 0.800. The molecule has 2 aliphatic rings. The first kappa shape index (κ1) is 16.3. The zero-order valence-electron chi connectivity index (χ0n) is 12.8. The normalized spacial score (nSPS) is 24.0. The van der Waals surface area contributed by atoms with Crippen LogP contribution in [0.15, 0.2) is 4.42 Å². The maximum Gasteiger partial charge on any atom is 0.470 e. The monoisotopic (exact) mass is 331 g/mol. The molecule has 1 atom stereocenters. The van der Waals surface area contributed by atoms with E-state index in [1.165, 1.54) is 6.42 Å². The van der Waals surface area contributed by atoms with Crippen molar-refractivity contribution in [3.05, 3.63) is 11.8 Å². The highest BCUT2D eigenvalue weighted by Crippen LogP contribution is 2.33. The summed E-state index contributed by atoms with van der Waals surface area (Å²) in [4.78, 5) is 14.3. The lowest BCUT2D eigenvalue weighted by atomic mass is 9.87. The summed E-state index contributed by atoms with van der Waals surface area (Å²) in [6, 6.07) is 0. The summed E-state index contributed by atoms with van der Waals surface area (Å²) in [5, 5.41) is 6.62. The zero-order chi connectivity index (χ0) is 16.4. The number of piperidine rings is 1. The van der Waals surface area contributed by atoms with Crippen molar-refractivity contribution in [2.45, 2.75) is 57.0 Å². The second kappa shape index (κ2) is 6.49. The summed E-state index contributed by atoms with van der Waals surface area (Å²) >= 11 is 0. The Hall–Kier alpha value is -1.60. The Bertz CT molecular complexity index is 552. The van der Waals surface area contributed by atoms with Gasteiger partial charge in [-0.1, -0.05) is 19.3 Å². The van der Waals surface area contributed by atoms with Crippen LogP contribution in [0.5, 0.6) is 0 Å². The minimum Gasteiger partial charge on any atom is -0.417 e. The van der Waals surface area contributed by atoms with Gasteiger partial charge in [0.15, 0.2) is 0 Å². The largest absolute Gasteiger partial charge is 0.470 e. The first-order valence-electron chi connectivity index (χ1n) is 8.14. The molecule has 23 heavy (non-hydrogen) atoms. The highest BCUT2D eigenvalue weighted by Gasteiger charge is 2.39. The average Bonchev–Trinajstić information content (AvgIpc) is 3.05. The van der Waals surface area contributed by atoms with E-state index in [0.717, 1.165) is 32.1 Å². The predicted octanol–water partition coefficient (Wildman–Crippen LogP) is 3.37. The first-order valence-corrected chi connectivity index (χ1v) is 8.14. The van der Waals surface area contributed by atoms with Crippen molar-refractivity contribution in [2.75, 3.05) is 13.1 Å². The van der Waals surface area contributed by atoms with Gasteiger partial charge in [0.1, 0.15) is 0 Å². The van der Waals surface area contributed by atoms with E-state index in [2.05, 4.69) is 10.2 Å². The Morgan fingerprint density at radius 3 is 2.48 bits per heavy atom. The van der Waals surface area contributed by atoms with Gasteiger partial charge in [-0.2, -0.15) is 13.2 Å². The Morgan fingerprint density at radius 2 is 1.83 bits per heavy atom. The zero-order valence-corrected chi connectivity index (χ0v) is 12.8. The number of aromatic nitrogens is 2. The standard InChI is InChI=1S/C15H20F3N3O2/c16-15(17,18)14-20-19-12(23-14)11-7-4-8-21(9-11)13(22)10-5-2-1-3-6-10/h10-11H,1-9H2. The van der Waals surface area contributed by atoms with Crippen molar-refractivity contribution in [3.8, 4) is 0 Å². The minimum absolute atomic E-state index is 0.0153. The number of rotatable bonds is 2. The lowest BCUT2D eigenvalue weighted by molar-refractivity contribution is -0.157. The molecule has 2 fully saturated rings. The number of amides is 1. The predicted molar refractivity (Wildman–Crippen MR) is 74.4 cm³/mol. The van der Waals surface area contributed by atoms with E-state index in [9.17, 15) is 18.0 Å². The molecule has 1 saturated heterocycles. The van der Waals surface area contributed by atoms with Crippen LogP contribution in [0, 0.1) is 5.92 Å². The van der Waals surface area contributed by atoms with E-state index < -0.39 is 12.1 Å². The molecule has 0 N–H and O–H groups in total. The number of hydrogen-bond donors (Lipinski definition) is 0. The lowest BCUT2D eigenvalue weighted by Crippen LogP contribution is -2.42. The Labute approximate surface area is 132 Å². The Kier molecular flexibility index (Phi) is 4.59. The van der Waals surface area contributed by atoms with Gasteiger partial charge in [0.2, 0.25) is 11.8 Å². The van der Waals surface area contributed by atoms with Crippen LogP contribution >= 0.6 is 0 Å². The molecule has 1 aliphatic heterocycles. The van der Waals surface area contributed by atoms with Crippen LogP contribution in [0.3, 0.4) is 0 Å². The van der Waals surface area contributed by atoms with Crippen molar-refractivity contribution < 1.29 is 22.4 Å². The third kappa shape index (κ3) is 3.67. The smallest absolute Gasteiger partial charge is 0.417 e. The second-order valence-electron chi connectivity index (χ2n) is 6.40. The van der Waals surface area contributed by atoms with Gasteiger partial charge in [0, 0.05) is 19.0 Å². The molecule has 3 rings (SSSR count). The van der Waals surface area contributed by atoms with E-state index in [1.807, 2.05) is 0 Å². The Morgan fingerprint density at radius 1 is 1.09 bits per heavy atom. The number of nitrogens with zero attached hydrogens (tertiary/aromatic N) is 3. The van der Waals surface area contributed by atoms with Crippen molar-refractivity contribution in [1.29, 1.82) is 0 Å². The summed E-state index contributed by atoms with van der Waals surface area (Å²) < 4.78 is 42.4. The SMILES string of the molecule is O=C(C1CCCCC1)N1CCCC(c2nnc(C(F)(F)F)o2)C1. The van der Waals surface area contributed by atoms with Gasteiger partial charge >= 0.3 is 12.1 Å². The second-order valence-corrected chi connectivity index (χ2v) is 6.40. The molecule has 5 nitrogen and oxygen atoms in total. The molecule has 1 amide bonds. The number of hydrogen-bond acceptors (Lipinski definition) is 4. The fourth-order valence-corrected chi connectivity index (χ4v) is 3.50. The van der Waals surface area contributed by atoms with Crippen molar-refractivity contribution in [2.24, 2.45) is 5.92 Å². The topological polar surface area (TPSA) is 59.2 Å². The van der Waals surface area contributed by atoms with E-state index >= 15 is 0 Å². The van der Waals surface area contributed by atoms with Gasteiger partial charge in [0.05, 0.1) is 5.92 Å². The van der Waals surface area contributed by atoms with Gasteiger partial charge in [-0.3, -0.25) is 4.79 Å². The molecular formula is C15H20F3N3O2. The molecule has 0 spiro atoms. The van der Waals surface area contributed by atoms with Crippen LogP contribution in [0.25, 0.3) is 0 Å². The minimum atomic E-state index is -4.63. The van der Waals surface area contributed by atoms with E-state index in [0.29, 0.717) is 19.5 Å². The van der Waals surface area contributed by atoms with Gasteiger partial charge in [-0.05, 0) is 25.7 Å². The third-order valence-electron chi connectivity index (χ3n) is 4.72. The van der Waals surface area contributed by atoms with Crippen LogP contribution in [0.2, 0.25) is 0 Å². The Balaban J connectivity index is 1.66. The summed E-state index contributed by atoms with van der Waals surface area (Å²) in [7, 11) is 0. The first-order chi connectivity index (χ1) is 10.9. The maximum atomic E-state index is 12.6. The number of alkyl halides is 3. The highest BCUT2D eigenvalue weighted by molar-refractivity contribution is 5.79. The van der Waals surface area contributed by atoms with Gasteiger partial charge < -0.3 is 9.32 Å². The lowest BCUT2D eigenvalue weighted by Gasteiger charge is -2.34. The van der Waals surface area contributed by atoms with E-state index in [1.54, 1.807) is 4.90 Å². The molecule has 1 aliphatic carbocycles. The molecule has 2 heterocycles. The fourth-order valence-electron chi connectivity index (χ4n) is 3.50. The van der Waals surface area contributed by atoms with Crippen LogP contribution in [0.4, 0.5) is 13.2 Å². The maximum absolute atomic E-state index is 12.6. The van der Waals surface area contributed by atoms with E-state index in [-0.39, 0.29) is 23.6 Å².